The summed E-state index contributed by atoms with van der Waals surface area (Å²) in [7, 11) is 0. The van der Waals surface area contributed by atoms with Gasteiger partial charge in [-0.25, -0.2) is 4.98 Å². The molecule has 1 N–H and O–H groups in total. The van der Waals surface area contributed by atoms with Gasteiger partial charge in [-0.2, -0.15) is 0 Å². The molecular formula is C16H18N2O2S. The third-order valence-corrected chi connectivity index (χ3v) is 4.79. The monoisotopic (exact) mass is 302 g/mol. The molecule has 0 unspecified atom stereocenters. The summed E-state index contributed by atoms with van der Waals surface area (Å²) in [5.74, 6) is 0.0423. The zero-order valence-electron chi connectivity index (χ0n) is 12.0. The molecule has 1 saturated heterocycles. The van der Waals surface area contributed by atoms with Crippen LogP contribution in [0.5, 0.6) is 0 Å². The van der Waals surface area contributed by atoms with E-state index in [0.29, 0.717) is 26.1 Å². The Morgan fingerprint density at radius 1 is 1.29 bits per heavy atom. The third-order valence-electron chi connectivity index (χ3n) is 3.97. The molecule has 110 valence electrons. The van der Waals surface area contributed by atoms with E-state index in [1.165, 1.54) is 11.3 Å². The smallest absolute Gasteiger partial charge is 0.235 e. The predicted octanol–water partition coefficient (Wildman–Crippen LogP) is 3.14. The summed E-state index contributed by atoms with van der Waals surface area (Å²) in [6.07, 6.45) is 3.14. The third kappa shape index (κ3) is 2.84. The lowest BCUT2D eigenvalue weighted by Crippen LogP contribution is -2.44. The van der Waals surface area contributed by atoms with Crippen molar-refractivity contribution in [3.05, 3.63) is 47.1 Å². The van der Waals surface area contributed by atoms with Crippen molar-refractivity contribution in [3.8, 4) is 0 Å². The first-order valence-corrected chi connectivity index (χ1v) is 7.89. The van der Waals surface area contributed by atoms with Crippen molar-refractivity contribution in [1.82, 2.24) is 4.98 Å². The van der Waals surface area contributed by atoms with Gasteiger partial charge >= 0.3 is 0 Å². The zero-order valence-corrected chi connectivity index (χ0v) is 12.8. The highest BCUT2D eigenvalue weighted by molar-refractivity contribution is 7.15. The molecule has 0 saturated carbocycles. The van der Waals surface area contributed by atoms with Crippen LogP contribution in [0, 0.1) is 6.92 Å². The molecule has 1 aliphatic heterocycles. The molecule has 1 fully saturated rings. The Kier molecular flexibility index (Phi) is 4.03. The van der Waals surface area contributed by atoms with Crippen molar-refractivity contribution in [2.45, 2.75) is 25.2 Å². The van der Waals surface area contributed by atoms with Crippen molar-refractivity contribution in [1.29, 1.82) is 0 Å². The largest absolute Gasteiger partial charge is 0.381 e. The second-order valence-electron chi connectivity index (χ2n) is 5.26. The number of amides is 1. The average molecular weight is 302 g/mol. The highest BCUT2D eigenvalue weighted by atomic mass is 32.1. The minimum atomic E-state index is -0.503. The first-order chi connectivity index (χ1) is 10.2. The van der Waals surface area contributed by atoms with Crippen LogP contribution in [0.2, 0.25) is 0 Å². The summed E-state index contributed by atoms with van der Waals surface area (Å²) in [6, 6.07) is 10.00. The maximum Gasteiger partial charge on any atom is 0.235 e. The van der Waals surface area contributed by atoms with Gasteiger partial charge in [-0.15, -0.1) is 11.3 Å². The van der Waals surface area contributed by atoms with Gasteiger partial charge in [0.2, 0.25) is 5.91 Å². The van der Waals surface area contributed by atoms with Crippen LogP contribution in [0.25, 0.3) is 0 Å². The van der Waals surface area contributed by atoms with Gasteiger partial charge in [0.1, 0.15) is 5.00 Å². The topological polar surface area (TPSA) is 51.2 Å². The van der Waals surface area contributed by atoms with Crippen molar-refractivity contribution >= 4 is 22.2 Å². The van der Waals surface area contributed by atoms with Crippen molar-refractivity contribution in [3.63, 3.8) is 0 Å². The Balaban J connectivity index is 1.90. The number of thiazole rings is 1. The molecule has 1 aromatic heterocycles. The van der Waals surface area contributed by atoms with E-state index < -0.39 is 5.41 Å². The number of anilines is 1. The van der Waals surface area contributed by atoms with Crippen LogP contribution in [0.3, 0.4) is 0 Å². The summed E-state index contributed by atoms with van der Waals surface area (Å²) in [5.41, 5.74) is 0.559. The molecule has 1 aliphatic rings. The average Bonchev–Trinajstić information content (AvgIpc) is 2.94. The number of carbonyl (C=O) groups excluding carboxylic acids is 1. The lowest BCUT2D eigenvalue weighted by atomic mass is 9.73. The summed E-state index contributed by atoms with van der Waals surface area (Å²) in [6.45, 7) is 3.16. The van der Waals surface area contributed by atoms with Gasteiger partial charge < -0.3 is 10.1 Å². The molecule has 0 atom stereocenters. The number of rotatable bonds is 3. The number of carbonyl (C=O) groups is 1. The van der Waals surface area contributed by atoms with Crippen LogP contribution >= 0.6 is 11.3 Å². The normalized spacial score (nSPS) is 17.4. The zero-order chi connectivity index (χ0) is 14.7. The second-order valence-corrected chi connectivity index (χ2v) is 6.49. The number of aryl methyl sites for hydroxylation is 1. The van der Waals surface area contributed by atoms with Gasteiger partial charge in [-0.3, -0.25) is 4.79 Å². The van der Waals surface area contributed by atoms with Crippen LogP contribution in [-0.4, -0.2) is 24.1 Å². The quantitative estimate of drug-likeness (QED) is 0.947. The molecule has 0 aliphatic carbocycles. The number of hydrogen-bond donors (Lipinski definition) is 1. The first kappa shape index (κ1) is 14.2. The van der Waals surface area contributed by atoms with Crippen molar-refractivity contribution in [2.24, 2.45) is 0 Å². The van der Waals surface area contributed by atoms with E-state index in [-0.39, 0.29) is 5.91 Å². The lowest BCUT2D eigenvalue weighted by Gasteiger charge is -2.36. The van der Waals surface area contributed by atoms with Crippen molar-refractivity contribution < 1.29 is 9.53 Å². The van der Waals surface area contributed by atoms with E-state index >= 15 is 0 Å². The number of benzene rings is 1. The SMILES string of the molecule is Cc1ncc(NC(=O)C2(c3ccccc3)CCOCC2)s1. The van der Waals surface area contributed by atoms with E-state index in [9.17, 15) is 4.79 Å². The number of nitrogens with zero attached hydrogens (tertiary/aromatic N) is 1. The van der Waals surface area contributed by atoms with Gasteiger partial charge in [0.05, 0.1) is 16.6 Å². The molecule has 5 heteroatoms. The molecule has 2 heterocycles. The molecule has 2 aromatic rings. The van der Waals surface area contributed by atoms with Gasteiger partial charge in [0, 0.05) is 13.2 Å². The Labute approximate surface area is 128 Å². The number of hydrogen-bond acceptors (Lipinski definition) is 4. The van der Waals surface area contributed by atoms with E-state index in [2.05, 4.69) is 10.3 Å². The first-order valence-electron chi connectivity index (χ1n) is 7.08. The molecule has 21 heavy (non-hydrogen) atoms. The fourth-order valence-corrected chi connectivity index (χ4v) is 3.45. The maximum absolute atomic E-state index is 12.9. The Morgan fingerprint density at radius 2 is 2.00 bits per heavy atom. The van der Waals surface area contributed by atoms with Gasteiger partial charge in [0.25, 0.3) is 0 Å². The Morgan fingerprint density at radius 3 is 2.62 bits per heavy atom. The number of nitrogens with one attached hydrogen (secondary N) is 1. The summed E-state index contributed by atoms with van der Waals surface area (Å²) >= 11 is 1.50. The highest BCUT2D eigenvalue weighted by Gasteiger charge is 2.41. The Bertz CT molecular complexity index is 618. The standard InChI is InChI=1S/C16H18N2O2S/c1-12-17-11-14(21-12)18-15(19)16(7-9-20-10-8-16)13-5-3-2-4-6-13/h2-6,11H,7-10H2,1H3,(H,18,19). The summed E-state index contributed by atoms with van der Waals surface area (Å²) in [5, 5.41) is 4.79. The van der Waals surface area contributed by atoms with Gasteiger partial charge in [-0.1, -0.05) is 30.3 Å². The minimum absolute atomic E-state index is 0.0423. The second kappa shape index (κ2) is 5.95. The molecule has 0 bridgehead atoms. The van der Waals surface area contributed by atoms with E-state index in [1.807, 2.05) is 37.3 Å². The van der Waals surface area contributed by atoms with Crippen LogP contribution in [0.15, 0.2) is 36.5 Å². The van der Waals surface area contributed by atoms with Crippen LogP contribution < -0.4 is 5.32 Å². The molecule has 1 amide bonds. The predicted molar refractivity (Wildman–Crippen MR) is 83.7 cm³/mol. The molecule has 0 radical (unpaired) electrons. The molecule has 0 spiro atoms. The van der Waals surface area contributed by atoms with E-state index in [1.54, 1.807) is 6.20 Å². The fourth-order valence-electron chi connectivity index (χ4n) is 2.77. The molecular weight excluding hydrogens is 284 g/mol. The minimum Gasteiger partial charge on any atom is -0.381 e. The van der Waals surface area contributed by atoms with Crippen LogP contribution in [-0.2, 0) is 14.9 Å². The molecule has 3 rings (SSSR count). The molecule has 4 nitrogen and oxygen atoms in total. The number of aromatic nitrogens is 1. The van der Waals surface area contributed by atoms with Crippen molar-refractivity contribution in [2.75, 3.05) is 18.5 Å². The maximum atomic E-state index is 12.9. The highest BCUT2D eigenvalue weighted by Crippen LogP contribution is 2.36. The summed E-state index contributed by atoms with van der Waals surface area (Å²) < 4.78 is 5.46. The van der Waals surface area contributed by atoms with E-state index in [4.69, 9.17) is 4.74 Å². The fraction of sp³-hybridized carbons (Fsp3) is 0.375. The van der Waals surface area contributed by atoms with Crippen LogP contribution in [0.1, 0.15) is 23.4 Å². The van der Waals surface area contributed by atoms with Gasteiger partial charge in [0.15, 0.2) is 0 Å². The van der Waals surface area contributed by atoms with Crippen LogP contribution in [0.4, 0.5) is 5.00 Å². The molecule has 1 aromatic carbocycles. The lowest BCUT2D eigenvalue weighted by molar-refractivity contribution is -0.125. The Hall–Kier alpha value is -1.72. The number of ether oxygens (including phenoxy) is 1. The summed E-state index contributed by atoms with van der Waals surface area (Å²) in [4.78, 5) is 17.1. The van der Waals surface area contributed by atoms with E-state index in [0.717, 1.165) is 15.6 Å². The van der Waals surface area contributed by atoms with Gasteiger partial charge in [-0.05, 0) is 25.3 Å².